The summed E-state index contributed by atoms with van der Waals surface area (Å²) in [6.07, 6.45) is 2.94. The lowest BCUT2D eigenvalue weighted by Gasteiger charge is -2.15. The topological polar surface area (TPSA) is 64.8 Å². The molecule has 3 rings (SSSR count). The van der Waals surface area contributed by atoms with Gasteiger partial charge in [-0.25, -0.2) is 0 Å². The van der Waals surface area contributed by atoms with Gasteiger partial charge in [0.1, 0.15) is 17.9 Å². The number of rotatable bonds is 10. The Hall–Kier alpha value is -3.28. The number of carbonyl (C=O) groups excluding carboxylic acids is 1. The van der Waals surface area contributed by atoms with E-state index in [0.29, 0.717) is 32.0 Å². The van der Waals surface area contributed by atoms with Crippen LogP contribution in [0.15, 0.2) is 65.6 Å². The number of oxazole rings is 1. The SMILES string of the molecule is C=CCC(Cc1ccc(OCCN(C)c2nc3ccccc3o2)cc1)C(=O)OC. The molecule has 0 radical (unpaired) electrons. The lowest BCUT2D eigenvalue weighted by Crippen LogP contribution is -2.24. The third kappa shape index (κ3) is 5.38. The maximum absolute atomic E-state index is 11.8. The Balaban J connectivity index is 1.50. The molecule has 0 spiro atoms. The summed E-state index contributed by atoms with van der Waals surface area (Å²) in [6.45, 7) is 4.85. The number of allylic oxidation sites excluding steroid dienone is 1. The van der Waals surface area contributed by atoms with E-state index in [1.54, 1.807) is 6.08 Å². The van der Waals surface area contributed by atoms with Gasteiger partial charge in [-0.3, -0.25) is 4.79 Å². The summed E-state index contributed by atoms with van der Waals surface area (Å²) in [5.74, 6) is 0.347. The summed E-state index contributed by atoms with van der Waals surface area (Å²) in [4.78, 5) is 18.2. The van der Waals surface area contributed by atoms with E-state index in [1.165, 1.54) is 7.11 Å². The highest BCUT2D eigenvalue weighted by molar-refractivity contribution is 5.74. The Bertz CT molecular complexity index is 916. The summed E-state index contributed by atoms with van der Waals surface area (Å²) in [5, 5.41) is 0. The maximum atomic E-state index is 11.8. The highest BCUT2D eigenvalue weighted by Gasteiger charge is 2.18. The molecule has 29 heavy (non-hydrogen) atoms. The Morgan fingerprint density at radius 1 is 1.24 bits per heavy atom. The zero-order valence-electron chi connectivity index (χ0n) is 16.8. The van der Waals surface area contributed by atoms with Crippen LogP contribution in [-0.2, 0) is 16.0 Å². The molecule has 2 aromatic carbocycles. The van der Waals surface area contributed by atoms with E-state index in [0.717, 1.165) is 22.4 Å². The summed E-state index contributed by atoms with van der Waals surface area (Å²) in [7, 11) is 3.33. The number of methoxy groups -OCH3 is 1. The minimum absolute atomic E-state index is 0.214. The van der Waals surface area contributed by atoms with Crippen LogP contribution in [0.4, 0.5) is 6.01 Å². The number of benzene rings is 2. The number of hydrogen-bond donors (Lipinski definition) is 0. The molecule has 0 N–H and O–H groups in total. The molecule has 0 fully saturated rings. The number of nitrogens with zero attached hydrogens (tertiary/aromatic N) is 2. The molecule has 0 saturated carbocycles. The fraction of sp³-hybridized carbons (Fsp3) is 0.304. The van der Waals surface area contributed by atoms with Gasteiger partial charge in [0.15, 0.2) is 5.58 Å². The van der Waals surface area contributed by atoms with Crippen LogP contribution in [0.1, 0.15) is 12.0 Å². The van der Waals surface area contributed by atoms with E-state index in [2.05, 4.69) is 11.6 Å². The van der Waals surface area contributed by atoms with Gasteiger partial charge in [0.05, 0.1) is 19.6 Å². The molecule has 1 unspecified atom stereocenters. The van der Waals surface area contributed by atoms with E-state index in [9.17, 15) is 4.79 Å². The number of para-hydroxylation sites is 2. The van der Waals surface area contributed by atoms with Gasteiger partial charge in [-0.05, 0) is 42.7 Å². The zero-order valence-corrected chi connectivity index (χ0v) is 16.8. The molecule has 1 aromatic heterocycles. The van der Waals surface area contributed by atoms with Crippen molar-refractivity contribution in [2.75, 3.05) is 32.2 Å². The van der Waals surface area contributed by atoms with E-state index in [1.807, 2.05) is 60.5 Å². The Morgan fingerprint density at radius 3 is 2.69 bits per heavy atom. The second-order valence-electron chi connectivity index (χ2n) is 6.83. The van der Waals surface area contributed by atoms with Crippen molar-refractivity contribution < 1.29 is 18.7 Å². The molecule has 0 aliphatic rings. The van der Waals surface area contributed by atoms with Gasteiger partial charge in [-0.1, -0.05) is 30.3 Å². The fourth-order valence-electron chi connectivity index (χ4n) is 3.06. The molecule has 0 aliphatic heterocycles. The first-order valence-corrected chi connectivity index (χ1v) is 9.58. The van der Waals surface area contributed by atoms with Crippen molar-refractivity contribution in [3.8, 4) is 5.75 Å². The standard InChI is InChI=1S/C23H26N2O4/c1-4-7-18(22(26)27-3)16-17-10-12-19(13-11-17)28-15-14-25(2)23-24-20-8-5-6-9-21(20)29-23/h4-6,8-13,18H,1,7,14-16H2,2-3H3. The normalized spacial score (nSPS) is 11.8. The van der Waals surface area contributed by atoms with Crippen molar-refractivity contribution in [2.24, 2.45) is 5.92 Å². The number of aromatic nitrogens is 1. The lowest BCUT2D eigenvalue weighted by atomic mass is 9.96. The Labute approximate surface area is 170 Å². The van der Waals surface area contributed by atoms with Gasteiger partial charge in [0.25, 0.3) is 6.01 Å². The minimum atomic E-state index is -0.215. The maximum Gasteiger partial charge on any atom is 0.309 e. The van der Waals surface area contributed by atoms with Crippen LogP contribution in [0.3, 0.4) is 0 Å². The van der Waals surface area contributed by atoms with Crippen molar-refractivity contribution in [1.29, 1.82) is 0 Å². The average Bonchev–Trinajstić information content (AvgIpc) is 3.18. The molecule has 3 aromatic rings. The highest BCUT2D eigenvalue weighted by Crippen LogP contribution is 2.21. The van der Waals surface area contributed by atoms with Crippen molar-refractivity contribution in [3.05, 3.63) is 66.7 Å². The van der Waals surface area contributed by atoms with Crippen LogP contribution in [0, 0.1) is 5.92 Å². The molecular formula is C23H26N2O4. The van der Waals surface area contributed by atoms with Crippen LogP contribution < -0.4 is 9.64 Å². The monoisotopic (exact) mass is 394 g/mol. The van der Waals surface area contributed by atoms with Crippen molar-refractivity contribution >= 4 is 23.1 Å². The molecule has 6 heteroatoms. The Morgan fingerprint density at radius 2 is 2.00 bits per heavy atom. The molecule has 0 saturated heterocycles. The van der Waals surface area contributed by atoms with Crippen LogP contribution in [0.2, 0.25) is 0 Å². The zero-order chi connectivity index (χ0) is 20.6. The van der Waals surface area contributed by atoms with Crippen LogP contribution in [0.5, 0.6) is 5.75 Å². The quantitative estimate of drug-likeness (QED) is 0.378. The average molecular weight is 394 g/mol. The Kier molecular flexibility index (Phi) is 6.89. The minimum Gasteiger partial charge on any atom is -0.492 e. The first kappa shape index (κ1) is 20.5. The predicted octanol–water partition coefficient (Wildman–Crippen LogP) is 4.25. The molecule has 0 amide bonds. The summed E-state index contributed by atoms with van der Waals surface area (Å²) < 4.78 is 16.4. The first-order chi connectivity index (χ1) is 14.1. The molecule has 6 nitrogen and oxygen atoms in total. The first-order valence-electron chi connectivity index (χ1n) is 9.58. The van der Waals surface area contributed by atoms with E-state index in [-0.39, 0.29) is 11.9 Å². The van der Waals surface area contributed by atoms with Gasteiger partial charge in [-0.15, -0.1) is 6.58 Å². The third-order valence-corrected chi connectivity index (χ3v) is 4.70. The number of fused-ring (bicyclic) bond motifs is 1. The van der Waals surface area contributed by atoms with Crippen LogP contribution in [-0.4, -0.2) is 38.3 Å². The van der Waals surface area contributed by atoms with Crippen molar-refractivity contribution in [1.82, 2.24) is 4.98 Å². The highest BCUT2D eigenvalue weighted by atomic mass is 16.5. The molecule has 1 atom stereocenters. The lowest BCUT2D eigenvalue weighted by molar-refractivity contribution is -0.145. The van der Waals surface area contributed by atoms with Gasteiger partial charge < -0.3 is 18.8 Å². The summed E-state index contributed by atoms with van der Waals surface area (Å²) >= 11 is 0. The smallest absolute Gasteiger partial charge is 0.309 e. The van der Waals surface area contributed by atoms with E-state index >= 15 is 0 Å². The summed E-state index contributed by atoms with van der Waals surface area (Å²) in [6, 6.07) is 16.0. The molecule has 1 heterocycles. The van der Waals surface area contributed by atoms with E-state index < -0.39 is 0 Å². The summed E-state index contributed by atoms with van der Waals surface area (Å²) in [5.41, 5.74) is 2.67. The van der Waals surface area contributed by atoms with Gasteiger partial charge in [0, 0.05) is 7.05 Å². The number of anilines is 1. The molecule has 0 bridgehead atoms. The van der Waals surface area contributed by atoms with E-state index in [4.69, 9.17) is 13.9 Å². The van der Waals surface area contributed by atoms with Crippen LogP contribution in [0.25, 0.3) is 11.1 Å². The number of likely N-dealkylation sites (N-methyl/N-ethyl adjacent to an activating group) is 1. The van der Waals surface area contributed by atoms with Crippen LogP contribution >= 0.6 is 0 Å². The second kappa shape index (κ2) is 9.78. The van der Waals surface area contributed by atoms with Gasteiger partial charge in [-0.2, -0.15) is 4.98 Å². The third-order valence-electron chi connectivity index (χ3n) is 4.70. The second-order valence-corrected chi connectivity index (χ2v) is 6.83. The van der Waals surface area contributed by atoms with Crippen molar-refractivity contribution in [3.63, 3.8) is 0 Å². The van der Waals surface area contributed by atoms with Gasteiger partial charge >= 0.3 is 5.97 Å². The largest absolute Gasteiger partial charge is 0.492 e. The number of hydrogen-bond acceptors (Lipinski definition) is 6. The molecule has 152 valence electrons. The predicted molar refractivity (Wildman–Crippen MR) is 113 cm³/mol. The number of carbonyl (C=O) groups is 1. The molecular weight excluding hydrogens is 368 g/mol. The molecule has 0 aliphatic carbocycles. The number of esters is 1. The van der Waals surface area contributed by atoms with Crippen molar-refractivity contribution in [2.45, 2.75) is 12.8 Å². The number of ether oxygens (including phenoxy) is 2. The fourth-order valence-corrected chi connectivity index (χ4v) is 3.06. The van der Waals surface area contributed by atoms with Gasteiger partial charge in [0.2, 0.25) is 0 Å².